The van der Waals surface area contributed by atoms with E-state index in [1.54, 1.807) is 0 Å². The van der Waals surface area contributed by atoms with Gasteiger partial charge in [0.15, 0.2) is 0 Å². The number of rotatable bonds is 3. The Kier molecular flexibility index (Phi) is 37.4. The van der Waals surface area contributed by atoms with Gasteiger partial charge in [0.2, 0.25) is 0 Å². The van der Waals surface area contributed by atoms with Crippen molar-refractivity contribution in [1.29, 1.82) is 0 Å². The summed E-state index contributed by atoms with van der Waals surface area (Å²) in [6.45, 7) is 23.2. The molecule has 0 radical (unpaired) electrons. The summed E-state index contributed by atoms with van der Waals surface area (Å²) in [6.07, 6.45) is 9.70. The van der Waals surface area contributed by atoms with E-state index >= 15 is 0 Å². The first kappa shape index (κ1) is 26.3. The smallest absolute Gasteiger partial charge is 0.0302 e. The zero-order valence-electron chi connectivity index (χ0n) is 14.9. The van der Waals surface area contributed by atoms with Crippen molar-refractivity contribution in [3.63, 3.8) is 0 Å². The normalized spacial score (nSPS) is 12.9. The van der Waals surface area contributed by atoms with Crippen molar-refractivity contribution in [1.82, 2.24) is 0 Å². The van der Waals surface area contributed by atoms with Gasteiger partial charge in [-0.2, -0.15) is 0 Å². The summed E-state index contributed by atoms with van der Waals surface area (Å²) in [5, 5.41) is 0. The minimum Gasteiger partial charge on any atom is -0.106 e. The van der Waals surface area contributed by atoms with E-state index in [0.29, 0.717) is 0 Å². The molecule has 0 aromatic rings. The monoisotopic (exact) mass is 258 g/mol. The van der Waals surface area contributed by atoms with Crippen LogP contribution < -0.4 is 0 Å². The molecule has 1 fully saturated rings. The zero-order chi connectivity index (χ0) is 15.4. The lowest BCUT2D eigenvalue weighted by atomic mass is 10.0. The highest BCUT2D eigenvalue weighted by molar-refractivity contribution is 4.89. The van der Waals surface area contributed by atoms with Gasteiger partial charge >= 0.3 is 0 Å². The average Bonchev–Trinajstić information content (AvgIpc) is 3.25. The first-order valence-electron chi connectivity index (χ1n) is 8.16. The maximum atomic E-state index is 3.00. The summed E-state index contributed by atoms with van der Waals surface area (Å²) >= 11 is 0. The zero-order valence-corrected chi connectivity index (χ0v) is 14.9. The largest absolute Gasteiger partial charge is 0.106 e. The molecule has 1 aliphatic rings. The number of hydrogen-bond donors (Lipinski definition) is 0. The molecule has 0 heteroatoms. The van der Waals surface area contributed by atoms with Crippen LogP contribution in [0.5, 0.6) is 0 Å². The highest BCUT2D eigenvalue weighted by Crippen LogP contribution is 2.51. The minimum atomic E-state index is 0.833. The maximum absolute atomic E-state index is 3.00. The van der Waals surface area contributed by atoms with Crippen LogP contribution in [0.2, 0.25) is 0 Å². The molecule has 1 rings (SSSR count). The van der Waals surface area contributed by atoms with Crippen LogP contribution in [-0.2, 0) is 0 Å². The number of unbranched alkanes of at least 4 members (excludes halogenated alkanes) is 1. The third-order valence-corrected chi connectivity index (χ3v) is 2.96. The lowest BCUT2D eigenvalue weighted by Gasteiger charge is -2.04. The maximum Gasteiger partial charge on any atom is -0.0302 e. The van der Waals surface area contributed by atoms with Gasteiger partial charge < -0.3 is 0 Å². The fraction of sp³-hybridized carbons (Fsp3) is 0.889. The Bertz CT molecular complexity index is 92.6. The Morgan fingerprint density at radius 2 is 0.944 bits per heavy atom. The Balaban J connectivity index is -0.0000000776. The molecule has 0 amide bonds. The first-order valence-corrected chi connectivity index (χ1v) is 8.16. The van der Waals surface area contributed by atoms with Crippen molar-refractivity contribution in [2.45, 2.75) is 100 Å². The Labute approximate surface area is 119 Å². The third kappa shape index (κ3) is 24.8. The Morgan fingerprint density at radius 1 is 0.722 bits per heavy atom. The van der Waals surface area contributed by atoms with Crippen LogP contribution in [0, 0.1) is 5.41 Å². The van der Waals surface area contributed by atoms with Gasteiger partial charge in [-0.15, -0.1) is 13.2 Å². The van der Waals surface area contributed by atoms with Crippen LogP contribution in [0.25, 0.3) is 0 Å². The van der Waals surface area contributed by atoms with Gasteiger partial charge in [0.05, 0.1) is 0 Å². The number of hydrogen-bond acceptors (Lipinski definition) is 0. The fourth-order valence-electron chi connectivity index (χ4n) is 1.13. The van der Waals surface area contributed by atoms with E-state index in [2.05, 4.69) is 54.7 Å². The van der Waals surface area contributed by atoms with Crippen molar-refractivity contribution in [2.24, 2.45) is 5.41 Å². The molecule has 0 N–H and O–H groups in total. The summed E-state index contributed by atoms with van der Waals surface area (Å²) in [6, 6.07) is 0. The van der Waals surface area contributed by atoms with Crippen molar-refractivity contribution in [3.05, 3.63) is 13.2 Å². The van der Waals surface area contributed by atoms with Crippen LogP contribution in [0.15, 0.2) is 13.2 Å². The molecular formula is C18H42. The van der Waals surface area contributed by atoms with E-state index in [4.69, 9.17) is 0 Å². The Morgan fingerprint density at radius 3 is 0.944 bits per heavy atom. The molecule has 0 aromatic heterocycles. The third-order valence-electron chi connectivity index (χ3n) is 2.96. The van der Waals surface area contributed by atoms with Gasteiger partial charge in [-0.05, 0) is 18.3 Å². The SMILES string of the molecule is C=C.CC.CCC.CCC1(CC)CC1.CCCC. The van der Waals surface area contributed by atoms with Crippen molar-refractivity contribution >= 4 is 0 Å². The lowest BCUT2D eigenvalue weighted by molar-refractivity contribution is 0.474. The van der Waals surface area contributed by atoms with E-state index in [-0.39, 0.29) is 0 Å². The Hall–Kier alpha value is -0.260. The van der Waals surface area contributed by atoms with Crippen LogP contribution in [0.3, 0.4) is 0 Å². The van der Waals surface area contributed by atoms with Gasteiger partial charge in [0.25, 0.3) is 0 Å². The van der Waals surface area contributed by atoms with Gasteiger partial charge in [0.1, 0.15) is 0 Å². The molecule has 0 bridgehead atoms. The molecule has 0 aliphatic heterocycles. The molecule has 0 spiro atoms. The van der Waals surface area contributed by atoms with Crippen molar-refractivity contribution < 1.29 is 0 Å². The predicted octanol–water partition coefficient (Wildman–Crippen LogP) is 7.64. The standard InChI is InChI=1S/C7H14.C4H10.C3H8.C2H6.C2H4/c1-3-7(4-2)5-6-7;1-3-4-2;1-3-2;2*1-2/h3-6H2,1-2H3;3-4H2,1-2H3;3H2,1-2H3;1-2H3;1-2H2. The molecule has 18 heavy (non-hydrogen) atoms. The molecule has 1 aliphatic carbocycles. The fourth-order valence-corrected chi connectivity index (χ4v) is 1.13. The van der Waals surface area contributed by atoms with Crippen molar-refractivity contribution in [2.75, 3.05) is 0 Å². The predicted molar refractivity (Wildman–Crippen MR) is 91.4 cm³/mol. The van der Waals surface area contributed by atoms with Gasteiger partial charge in [-0.1, -0.05) is 87.5 Å². The molecule has 0 saturated heterocycles. The summed E-state index contributed by atoms with van der Waals surface area (Å²) in [7, 11) is 0. The van der Waals surface area contributed by atoms with E-state index in [9.17, 15) is 0 Å². The molecule has 114 valence electrons. The second kappa shape index (κ2) is 25.6. The summed E-state index contributed by atoms with van der Waals surface area (Å²) in [5.74, 6) is 0. The summed E-state index contributed by atoms with van der Waals surface area (Å²) < 4.78 is 0. The van der Waals surface area contributed by atoms with E-state index in [1.807, 2.05) is 13.8 Å². The van der Waals surface area contributed by atoms with E-state index in [1.165, 1.54) is 44.9 Å². The van der Waals surface area contributed by atoms with Crippen LogP contribution in [0.4, 0.5) is 0 Å². The van der Waals surface area contributed by atoms with Gasteiger partial charge in [0, 0.05) is 0 Å². The second-order valence-electron chi connectivity index (χ2n) is 4.41. The van der Waals surface area contributed by atoms with Gasteiger partial charge in [-0.3, -0.25) is 0 Å². The highest BCUT2D eigenvalue weighted by atomic mass is 14.4. The van der Waals surface area contributed by atoms with Crippen molar-refractivity contribution in [3.8, 4) is 0 Å². The highest BCUT2D eigenvalue weighted by Gasteiger charge is 2.37. The molecule has 0 unspecified atom stereocenters. The first-order chi connectivity index (χ1) is 8.66. The summed E-state index contributed by atoms with van der Waals surface area (Å²) in [5.41, 5.74) is 0.833. The minimum absolute atomic E-state index is 0.833. The molecule has 0 aromatic carbocycles. The lowest BCUT2D eigenvalue weighted by Crippen LogP contribution is -1.92. The molecule has 0 atom stereocenters. The summed E-state index contributed by atoms with van der Waals surface area (Å²) in [4.78, 5) is 0. The molecular weight excluding hydrogens is 216 g/mol. The van der Waals surface area contributed by atoms with Crippen LogP contribution >= 0.6 is 0 Å². The van der Waals surface area contributed by atoms with E-state index < -0.39 is 0 Å². The second-order valence-corrected chi connectivity index (χ2v) is 4.41. The topological polar surface area (TPSA) is 0 Å². The van der Waals surface area contributed by atoms with Crippen LogP contribution in [-0.4, -0.2) is 0 Å². The van der Waals surface area contributed by atoms with E-state index in [0.717, 1.165) is 5.41 Å². The molecule has 0 heterocycles. The average molecular weight is 259 g/mol. The molecule has 1 saturated carbocycles. The van der Waals surface area contributed by atoms with Gasteiger partial charge in [-0.25, -0.2) is 0 Å². The quantitative estimate of drug-likeness (QED) is 0.456. The molecule has 0 nitrogen and oxygen atoms in total. The van der Waals surface area contributed by atoms with Crippen LogP contribution in [0.1, 0.15) is 100 Å².